The number of alkyl halides is 3. The summed E-state index contributed by atoms with van der Waals surface area (Å²) < 4.78 is 37.7. The molecule has 0 saturated carbocycles. The first kappa shape index (κ1) is 17.9. The van der Waals surface area contributed by atoms with Crippen LogP contribution in [-0.4, -0.2) is 11.6 Å². The Kier molecular flexibility index (Phi) is 5.54. The summed E-state index contributed by atoms with van der Waals surface area (Å²) in [6.45, 7) is 1.88. The molecule has 2 rings (SSSR count). The number of hydrogen-bond acceptors (Lipinski definition) is 2. The topological polar surface area (TPSA) is 34.1 Å². The fourth-order valence-corrected chi connectivity index (χ4v) is 2.35. The molecule has 2 nitrogen and oxygen atoms in total. The number of hydrogen-bond donors (Lipinski definition) is 0. The second-order valence-electron chi connectivity index (χ2n) is 5.54. The lowest BCUT2D eigenvalue weighted by molar-refractivity contribution is -0.137. The Bertz CT molecular complexity index is 714. The van der Waals surface area contributed by atoms with Crippen molar-refractivity contribution in [3.8, 4) is 11.1 Å². The Balaban J connectivity index is 2.12. The van der Waals surface area contributed by atoms with E-state index < -0.39 is 11.7 Å². The van der Waals surface area contributed by atoms with Crippen LogP contribution in [0.5, 0.6) is 0 Å². The maximum atomic E-state index is 12.6. The number of ketones is 2. The number of rotatable bonds is 6. The molecule has 0 bridgehead atoms. The lowest BCUT2D eigenvalue weighted by Crippen LogP contribution is -2.07. The van der Waals surface area contributed by atoms with Gasteiger partial charge in [0.2, 0.25) is 0 Å². The molecule has 2 aromatic carbocycles. The van der Waals surface area contributed by atoms with Crippen molar-refractivity contribution in [3.63, 3.8) is 0 Å². The summed E-state index contributed by atoms with van der Waals surface area (Å²) in [5, 5.41) is 0. The van der Waals surface area contributed by atoms with E-state index in [1.54, 1.807) is 24.3 Å². The summed E-state index contributed by atoms with van der Waals surface area (Å²) in [5.41, 5.74) is 1.06. The van der Waals surface area contributed by atoms with E-state index in [1.165, 1.54) is 12.1 Å². The van der Waals surface area contributed by atoms with E-state index in [-0.39, 0.29) is 18.0 Å². The minimum Gasteiger partial charge on any atom is -0.299 e. The van der Waals surface area contributed by atoms with Crippen LogP contribution in [0.25, 0.3) is 11.1 Å². The lowest BCUT2D eigenvalue weighted by Gasteiger charge is -2.08. The molecule has 0 aliphatic heterocycles. The summed E-state index contributed by atoms with van der Waals surface area (Å²) in [5.74, 6) is -0.332. The highest BCUT2D eigenvalue weighted by Crippen LogP contribution is 2.31. The van der Waals surface area contributed by atoms with Gasteiger partial charge in [-0.15, -0.1) is 0 Å². The number of carbonyl (C=O) groups excluding carboxylic acids is 2. The van der Waals surface area contributed by atoms with Gasteiger partial charge in [0.25, 0.3) is 0 Å². The summed E-state index contributed by atoms with van der Waals surface area (Å²) in [6.07, 6.45) is -3.39. The van der Waals surface area contributed by atoms with E-state index in [2.05, 4.69) is 0 Å². The molecular weight excluding hydrogens is 317 g/mol. The molecule has 0 amide bonds. The molecule has 0 aromatic heterocycles. The molecule has 2 aromatic rings. The Morgan fingerprint density at radius 2 is 1.38 bits per heavy atom. The zero-order valence-corrected chi connectivity index (χ0v) is 13.2. The van der Waals surface area contributed by atoms with Crippen LogP contribution in [0.1, 0.15) is 42.1 Å². The fraction of sp³-hybridized carbons (Fsp3) is 0.263. The molecule has 5 heteroatoms. The van der Waals surface area contributed by atoms with Crippen molar-refractivity contribution < 1.29 is 22.8 Å². The summed E-state index contributed by atoms with van der Waals surface area (Å²) in [7, 11) is 0. The predicted molar refractivity (Wildman–Crippen MR) is 85.7 cm³/mol. The highest BCUT2D eigenvalue weighted by Gasteiger charge is 2.29. The summed E-state index contributed by atoms with van der Waals surface area (Å²) in [6, 6.07) is 11.4. The molecule has 0 aliphatic rings. The Morgan fingerprint density at radius 1 is 0.875 bits per heavy atom. The standard InChI is InChI=1S/C19H17F3O2/c1-2-3-17(23)12-18(24)15-6-4-13(5-7-15)14-8-10-16(11-9-14)19(20,21)22/h4-11H,2-3,12H2,1H3. The summed E-state index contributed by atoms with van der Waals surface area (Å²) in [4.78, 5) is 23.5. The predicted octanol–water partition coefficient (Wildman–Crippen LogP) is 5.31. The fourth-order valence-electron chi connectivity index (χ4n) is 2.35. The molecule has 0 saturated heterocycles. The van der Waals surface area contributed by atoms with Gasteiger partial charge in [0.05, 0.1) is 12.0 Å². The molecule has 0 aliphatic carbocycles. The van der Waals surface area contributed by atoms with Gasteiger partial charge in [-0.2, -0.15) is 13.2 Å². The molecule has 0 spiro atoms. The minimum atomic E-state index is -4.36. The van der Waals surface area contributed by atoms with Crippen molar-refractivity contribution in [1.29, 1.82) is 0 Å². The van der Waals surface area contributed by atoms with Gasteiger partial charge in [0.1, 0.15) is 5.78 Å². The van der Waals surface area contributed by atoms with E-state index in [9.17, 15) is 22.8 Å². The van der Waals surface area contributed by atoms with Crippen molar-refractivity contribution in [3.05, 3.63) is 59.7 Å². The smallest absolute Gasteiger partial charge is 0.299 e. The van der Waals surface area contributed by atoms with Gasteiger partial charge in [-0.25, -0.2) is 0 Å². The van der Waals surface area contributed by atoms with Crippen LogP contribution in [0.15, 0.2) is 48.5 Å². The van der Waals surface area contributed by atoms with Crippen LogP contribution >= 0.6 is 0 Å². The second-order valence-corrected chi connectivity index (χ2v) is 5.54. The molecule has 126 valence electrons. The maximum Gasteiger partial charge on any atom is 0.416 e. The van der Waals surface area contributed by atoms with Crippen molar-refractivity contribution in [2.45, 2.75) is 32.4 Å². The number of halogens is 3. The summed E-state index contributed by atoms with van der Waals surface area (Å²) >= 11 is 0. The largest absolute Gasteiger partial charge is 0.416 e. The van der Waals surface area contributed by atoms with Crippen LogP contribution in [0.3, 0.4) is 0 Å². The van der Waals surface area contributed by atoms with Crippen molar-refractivity contribution in [1.82, 2.24) is 0 Å². The average Bonchev–Trinajstić information content (AvgIpc) is 2.54. The quantitative estimate of drug-likeness (QED) is 0.529. The molecule has 24 heavy (non-hydrogen) atoms. The average molecular weight is 334 g/mol. The molecule has 0 fully saturated rings. The molecule has 0 N–H and O–H groups in total. The molecule has 0 heterocycles. The van der Waals surface area contributed by atoms with Crippen LogP contribution in [0, 0.1) is 0 Å². The normalized spacial score (nSPS) is 11.3. The van der Waals surface area contributed by atoms with Gasteiger partial charge in [-0.1, -0.05) is 43.3 Å². The molecule has 0 atom stereocenters. The first-order valence-corrected chi connectivity index (χ1v) is 7.64. The van der Waals surface area contributed by atoms with Gasteiger partial charge < -0.3 is 0 Å². The monoisotopic (exact) mass is 334 g/mol. The first-order chi connectivity index (χ1) is 11.3. The van der Waals surface area contributed by atoms with E-state index in [4.69, 9.17) is 0 Å². The lowest BCUT2D eigenvalue weighted by atomic mass is 9.99. The van der Waals surface area contributed by atoms with Crippen LogP contribution in [0.4, 0.5) is 13.2 Å². The van der Waals surface area contributed by atoms with E-state index in [0.717, 1.165) is 12.1 Å². The highest BCUT2D eigenvalue weighted by molar-refractivity contribution is 6.08. The third-order valence-electron chi connectivity index (χ3n) is 3.64. The zero-order valence-electron chi connectivity index (χ0n) is 13.2. The Morgan fingerprint density at radius 3 is 1.83 bits per heavy atom. The highest BCUT2D eigenvalue weighted by atomic mass is 19.4. The van der Waals surface area contributed by atoms with E-state index >= 15 is 0 Å². The van der Waals surface area contributed by atoms with Gasteiger partial charge in [0.15, 0.2) is 5.78 Å². The van der Waals surface area contributed by atoms with Gasteiger partial charge in [-0.3, -0.25) is 9.59 Å². The number of benzene rings is 2. The number of Topliss-reactive ketones (excluding diaryl/α,β-unsaturated/α-hetero) is 2. The van der Waals surface area contributed by atoms with Crippen LogP contribution in [0.2, 0.25) is 0 Å². The third-order valence-corrected chi connectivity index (χ3v) is 3.64. The SMILES string of the molecule is CCCC(=O)CC(=O)c1ccc(-c2ccc(C(F)(F)F)cc2)cc1. The molecule has 0 unspecified atom stereocenters. The van der Waals surface area contributed by atoms with E-state index in [0.29, 0.717) is 29.5 Å². The van der Waals surface area contributed by atoms with Crippen molar-refractivity contribution in [2.24, 2.45) is 0 Å². The van der Waals surface area contributed by atoms with Gasteiger partial charge in [0, 0.05) is 12.0 Å². The van der Waals surface area contributed by atoms with E-state index in [1.807, 2.05) is 6.92 Å². The zero-order chi connectivity index (χ0) is 17.7. The Hall–Kier alpha value is -2.43. The van der Waals surface area contributed by atoms with Gasteiger partial charge >= 0.3 is 6.18 Å². The Labute approximate surface area is 138 Å². The molecular formula is C19H17F3O2. The third kappa shape index (κ3) is 4.54. The first-order valence-electron chi connectivity index (χ1n) is 7.64. The van der Waals surface area contributed by atoms with Crippen molar-refractivity contribution in [2.75, 3.05) is 0 Å². The van der Waals surface area contributed by atoms with Crippen LogP contribution < -0.4 is 0 Å². The maximum absolute atomic E-state index is 12.6. The molecule has 0 radical (unpaired) electrons. The minimum absolute atomic E-state index is 0.0886. The van der Waals surface area contributed by atoms with Gasteiger partial charge in [-0.05, 0) is 29.7 Å². The number of carbonyl (C=O) groups is 2. The second kappa shape index (κ2) is 7.43. The van der Waals surface area contributed by atoms with Crippen LogP contribution in [-0.2, 0) is 11.0 Å². The van der Waals surface area contributed by atoms with Crippen molar-refractivity contribution >= 4 is 11.6 Å².